The van der Waals surface area contributed by atoms with Crippen LogP contribution in [-0.2, 0) is 20.7 Å². The summed E-state index contributed by atoms with van der Waals surface area (Å²) in [7, 11) is 1.24. The fourth-order valence-corrected chi connectivity index (χ4v) is 3.59. The van der Waals surface area contributed by atoms with Gasteiger partial charge in [0.2, 0.25) is 0 Å². The van der Waals surface area contributed by atoms with Crippen molar-refractivity contribution in [2.45, 2.75) is 6.42 Å². The summed E-state index contributed by atoms with van der Waals surface area (Å²) in [5.74, 6) is -2.58. The van der Waals surface area contributed by atoms with Crippen molar-refractivity contribution in [1.29, 1.82) is 0 Å². The van der Waals surface area contributed by atoms with E-state index >= 15 is 0 Å². The van der Waals surface area contributed by atoms with Crippen molar-refractivity contribution >= 4 is 35.6 Å². The largest absolute Gasteiger partial charge is 0.465 e. The van der Waals surface area contributed by atoms with Gasteiger partial charge in [-0.25, -0.2) is 18.9 Å². The lowest BCUT2D eigenvalue weighted by atomic mass is 9.97. The van der Waals surface area contributed by atoms with Gasteiger partial charge in [-0.2, -0.15) is 0 Å². The van der Waals surface area contributed by atoms with Gasteiger partial charge in [-0.1, -0.05) is 42.5 Å². The Balaban J connectivity index is 1.68. The SMILES string of the molecule is COC(=O)c1ccc(N2C(=O)NC(=O)/C(=C\c3ccccc3Cc3ccccc3F)C2=O)cc1. The molecule has 1 aliphatic rings. The number of methoxy groups -OCH3 is 1. The van der Waals surface area contributed by atoms with Gasteiger partial charge >= 0.3 is 12.0 Å². The highest BCUT2D eigenvalue weighted by Crippen LogP contribution is 2.24. The van der Waals surface area contributed by atoms with Gasteiger partial charge in [0.15, 0.2) is 0 Å². The molecular weight excluding hydrogens is 439 g/mol. The van der Waals surface area contributed by atoms with E-state index < -0.39 is 23.8 Å². The van der Waals surface area contributed by atoms with Crippen LogP contribution < -0.4 is 10.2 Å². The fourth-order valence-electron chi connectivity index (χ4n) is 3.59. The lowest BCUT2D eigenvalue weighted by molar-refractivity contribution is -0.122. The number of nitrogens with zero attached hydrogens (tertiary/aromatic N) is 1. The van der Waals surface area contributed by atoms with Crippen LogP contribution in [0.25, 0.3) is 6.08 Å². The van der Waals surface area contributed by atoms with Crippen LogP contribution >= 0.6 is 0 Å². The van der Waals surface area contributed by atoms with Crippen LogP contribution in [0.15, 0.2) is 78.4 Å². The molecule has 0 spiro atoms. The molecule has 1 heterocycles. The third kappa shape index (κ3) is 4.47. The number of benzene rings is 3. The highest BCUT2D eigenvalue weighted by Gasteiger charge is 2.37. The number of hydrogen-bond donors (Lipinski definition) is 1. The Bertz CT molecular complexity index is 1330. The van der Waals surface area contributed by atoms with Crippen LogP contribution in [0.1, 0.15) is 27.0 Å². The molecule has 1 fully saturated rings. The maximum atomic E-state index is 14.2. The number of esters is 1. The molecule has 34 heavy (non-hydrogen) atoms. The van der Waals surface area contributed by atoms with Gasteiger partial charge in [0, 0.05) is 6.42 Å². The Morgan fingerprint density at radius 2 is 1.59 bits per heavy atom. The Hall–Kier alpha value is -4.59. The molecule has 1 saturated heterocycles. The van der Waals surface area contributed by atoms with E-state index in [9.17, 15) is 23.6 Å². The van der Waals surface area contributed by atoms with Gasteiger partial charge < -0.3 is 4.74 Å². The third-order valence-corrected chi connectivity index (χ3v) is 5.34. The number of carbonyl (C=O) groups is 4. The van der Waals surface area contributed by atoms with Crippen molar-refractivity contribution in [2.24, 2.45) is 0 Å². The molecule has 7 nitrogen and oxygen atoms in total. The molecule has 3 aromatic carbocycles. The molecule has 0 atom stereocenters. The van der Waals surface area contributed by atoms with E-state index in [1.807, 2.05) is 0 Å². The minimum Gasteiger partial charge on any atom is -0.465 e. The van der Waals surface area contributed by atoms with E-state index in [-0.39, 0.29) is 29.1 Å². The summed E-state index contributed by atoms with van der Waals surface area (Å²) in [5.41, 5.74) is 1.87. The van der Waals surface area contributed by atoms with Crippen molar-refractivity contribution in [3.63, 3.8) is 0 Å². The van der Waals surface area contributed by atoms with Crippen LogP contribution in [0.4, 0.5) is 14.9 Å². The first-order valence-electron chi connectivity index (χ1n) is 10.3. The van der Waals surface area contributed by atoms with Gasteiger partial charge in [0.25, 0.3) is 11.8 Å². The Labute approximate surface area is 194 Å². The van der Waals surface area contributed by atoms with E-state index in [0.29, 0.717) is 16.7 Å². The first-order valence-corrected chi connectivity index (χ1v) is 10.3. The number of rotatable bonds is 5. The van der Waals surface area contributed by atoms with Crippen molar-refractivity contribution in [3.05, 3.63) is 106 Å². The second-order valence-electron chi connectivity index (χ2n) is 7.46. The van der Waals surface area contributed by atoms with Gasteiger partial charge in [-0.3, -0.25) is 14.9 Å². The molecule has 4 rings (SSSR count). The minimum atomic E-state index is -0.905. The number of barbiturate groups is 1. The predicted octanol–water partition coefficient (Wildman–Crippen LogP) is 3.87. The van der Waals surface area contributed by atoms with Gasteiger partial charge in [-0.05, 0) is 53.1 Å². The maximum Gasteiger partial charge on any atom is 0.337 e. The zero-order valence-corrected chi connectivity index (χ0v) is 18.1. The normalized spacial score (nSPS) is 14.8. The number of amides is 4. The number of hydrogen-bond acceptors (Lipinski definition) is 5. The molecule has 8 heteroatoms. The molecular formula is C26H19FN2O5. The first kappa shape index (κ1) is 22.6. The van der Waals surface area contributed by atoms with E-state index in [1.165, 1.54) is 43.5 Å². The topological polar surface area (TPSA) is 92.8 Å². The van der Waals surface area contributed by atoms with E-state index in [0.717, 1.165) is 4.90 Å². The third-order valence-electron chi connectivity index (χ3n) is 5.34. The lowest BCUT2D eigenvalue weighted by Crippen LogP contribution is -2.54. The number of imide groups is 2. The van der Waals surface area contributed by atoms with Crippen LogP contribution in [0.2, 0.25) is 0 Å². The molecule has 0 saturated carbocycles. The second kappa shape index (κ2) is 9.50. The summed E-state index contributed by atoms with van der Waals surface area (Å²) in [6, 6.07) is 18.1. The first-order chi connectivity index (χ1) is 16.4. The average Bonchev–Trinajstić information content (AvgIpc) is 2.84. The quantitative estimate of drug-likeness (QED) is 0.356. The van der Waals surface area contributed by atoms with Crippen LogP contribution in [-0.4, -0.2) is 30.9 Å². The molecule has 0 aliphatic carbocycles. The smallest absolute Gasteiger partial charge is 0.337 e. The standard InChI is InChI=1S/C26H19FN2O5/c1-34-25(32)16-10-12-20(13-11-16)29-24(31)21(23(30)28-26(29)33)15-18-7-3-2-6-17(18)14-19-8-4-5-9-22(19)27/h2-13,15H,14H2,1H3,(H,28,30,33)/b21-15+. The molecule has 1 aliphatic heterocycles. The lowest BCUT2D eigenvalue weighted by Gasteiger charge is -2.26. The zero-order chi connectivity index (χ0) is 24.2. The molecule has 170 valence electrons. The molecule has 3 aromatic rings. The number of halogens is 1. The highest BCUT2D eigenvalue weighted by atomic mass is 19.1. The maximum absolute atomic E-state index is 14.2. The minimum absolute atomic E-state index is 0.174. The van der Waals surface area contributed by atoms with Gasteiger partial charge in [0.05, 0.1) is 18.4 Å². The molecule has 1 N–H and O–H groups in total. The molecule has 0 unspecified atom stereocenters. The second-order valence-corrected chi connectivity index (χ2v) is 7.46. The van der Waals surface area contributed by atoms with Crippen LogP contribution in [0, 0.1) is 5.82 Å². The highest BCUT2D eigenvalue weighted by molar-refractivity contribution is 6.39. The van der Waals surface area contributed by atoms with Crippen LogP contribution in [0.3, 0.4) is 0 Å². The number of ether oxygens (including phenoxy) is 1. The number of nitrogens with one attached hydrogen (secondary N) is 1. The van der Waals surface area contributed by atoms with Gasteiger partial charge in [0.1, 0.15) is 11.4 Å². The summed E-state index contributed by atoms with van der Waals surface area (Å²) < 4.78 is 18.8. The predicted molar refractivity (Wildman–Crippen MR) is 122 cm³/mol. The summed E-state index contributed by atoms with van der Waals surface area (Å²) in [4.78, 5) is 50.6. The number of anilines is 1. The Morgan fingerprint density at radius 3 is 2.26 bits per heavy atom. The number of carbonyl (C=O) groups excluding carboxylic acids is 4. The molecule has 0 bridgehead atoms. The number of urea groups is 1. The van der Waals surface area contributed by atoms with E-state index in [2.05, 4.69) is 10.1 Å². The monoisotopic (exact) mass is 458 g/mol. The Kier molecular flexibility index (Phi) is 6.31. The van der Waals surface area contributed by atoms with E-state index in [1.54, 1.807) is 42.5 Å². The molecule has 4 amide bonds. The fraction of sp³-hybridized carbons (Fsp3) is 0.0769. The Morgan fingerprint density at radius 1 is 0.941 bits per heavy atom. The van der Waals surface area contributed by atoms with Gasteiger partial charge in [-0.15, -0.1) is 0 Å². The molecule has 0 radical (unpaired) electrons. The summed E-state index contributed by atoms with van der Waals surface area (Å²) in [5, 5.41) is 2.16. The zero-order valence-electron chi connectivity index (χ0n) is 18.1. The van der Waals surface area contributed by atoms with E-state index in [4.69, 9.17) is 0 Å². The van der Waals surface area contributed by atoms with Crippen molar-refractivity contribution in [1.82, 2.24) is 5.32 Å². The summed E-state index contributed by atoms with van der Waals surface area (Å²) in [6.07, 6.45) is 1.64. The summed E-state index contributed by atoms with van der Waals surface area (Å²) >= 11 is 0. The summed E-state index contributed by atoms with van der Waals surface area (Å²) in [6.45, 7) is 0. The van der Waals surface area contributed by atoms with Crippen molar-refractivity contribution in [2.75, 3.05) is 12.0 Å². The van der Waals surface area contributed by atoms with Crippen molar-refractivity contribution < 1.29 is 28.3 Å². The van der Waals surface area contributed by atoms with Crippen molar-refractivity contribution in [3.8, 4) is 0 Å². The van der Waals surface area contributed by atoms with Crippen LogP contribution in [0.5, 0.6) is 0 Å². The average molecular weight is 458 g/mol. The molecule has 0 aromatic heterocycles.